The molecule has 0 aliphatic heterocycles. The molecule has 4 aliphatic carbocycles. The molecule has 4 aliphatic rings. The highest BCUT2D eigenvalue weighted by Crippen LogP contribution is 2.68. The molecule has 1 amide bonds. The lowest BCUT2D eigenvalue weighted by Crippen LogP contribution is -2.58. The van der Waals surface area contributed by atoms with Gasteiger partial charge in [0, 0.05) is 18.0 Å². The quantitative estimate of drug-likeness (QED) is 0.527. The van der Waals surface area contributed by atoms with E-state index in [-0.39, 0.29) is 28.9 Å². The van der Waals surface area contributed by atoms with Crippen molar-refractivity contribution in [1.29, 1.82) is 0 Å². The van der Waals surface area contributed by atoms with E-state index in [0.29, 0.717) is 47.1 Å². The first kappa shape index (κ1) is 23.7. The molecule has 6 heteroatoms. The van der Waals surface area contributed by atoms with Crippen LogP contribution in [0.4, 0.5) is 5.13 Å². The summed E-state index contributed by atoms with van der Waals surface area (Å²) >= 11 is 1.45. The van der Waals surface area contributed by atoms with Crippen LogP contribution in [0.15, 0.2) is 11.6 Å². The Balaban J connectivity index is 1.27. The van der Waals surface area contributed by atoms with Crippen LogP contribution in [0.2, 0.25) is 0 Å². The highest BCUT2D eigenvalue weighted by atomic mass is 32.1. The Kier molecular flexibility index (Phi) is 6.41. The van der Waals surface area contributed by atoms with Crippen molar-refractivity contribution in [1.82, 2.24) is 4.98 Å². The van der Waals surface area contributed by atoms with Gasteiger partial charge in [-0.05, 0) is 104 Å². The number of hydrogen-bond acceptors (Lipinski definition) is 5. The number of carbonyl (C=O) groups excluding carboxylic acids is 1. The Hall–Kier alpha value is -0.980. The second-order valence-corrected chi connectivity index (χ2v) is 13.2. The molecule has 0 aromatic carbocycles. The van der Waals surface area contributed by atoms with Crippen molar-refractivity contribution in [3.8, 4) is 0 Å². The number of aliphatic hydroxyl groups excluding tert-OH is 2. The molecule has 184 valence electrons. The number of nitrogens with zero attached hydrogens (tertiary/aromatic N) is 1. The van der Waals surface area contributed by atoms with E-state index >= 15 is 0 Å². The van der Waals surface area contributed by atoms with Crippen molar-refractivity contribution < 1.29 is 15.0 Å². The number of aliphatic hydroxyl groups is 2. The molecule has 33 heavy (non-hydrogen) atoms. The third kappa shape index (κ3) is 3.98. The lowest BCUT2D eigenvalue weighted by atomic mass is 9.43. The van der Waals surface area contributed by atoms with E-state index in [0.717, 1.165) is 32.1 Å². The molecule has 10 atom stereocenters. The third-order valence-corrected chi connectivity index (χ3v) is 11.7. The highest BCUT2D eigenvalue weighted by Gasteiger charge is 2.63. The van der Waals surface area contributed by atoms with Gasteiger partial charge < -0.3 is 15.5 Å². The highest BCUT2D eigenvalue weighted by molar-refractivity contribution is 7.13. The van der Waals surface area contributed by atoms with Crippen LogP contribution >= 0.6 is 11.3 Å². The first-order valence-electron chi connectivity index (χ1n) is 13.3. The minimum Gasteiger partial charge on any atom is -0.393 e. The number of thiazole rings is 1. The van der Waals surface area contributed by atoms with Gasteiger partial charge in [0.2, 0.25) is 5.91 Å². The summed E-state index contributed by atoms with van der Waals surface area (Å²) in [5, 5.41) is 27.4. The predicted octanol–water partition coefficient (Wildman–Crippen LogP) is 5.49. The lowest BCUT2D eigenvalue weighted by Gasteiger charge is -2.62. The summed E-state index contributed by atoms with van der Waals surface area (Å²) in [5.74, 6) is 3.45. The number of carbonyl (C=O) groups is 1. The molecule has 5 nitrogen and oxygen atoms in total. The van der Waals surface area contributed by atoms with E-state index in [2.05, 4.69) is 31.1 Å². The first-order valence-corrected chi connectivity index (χ1v) is 14.2. The molecule has 5 rings (SSSR count). The number of amides is 1. The van der Waals surface area contributed by atoms with E-state index in [1.807, 2.05) is 5.38 Å². The van der Waals surface area contributed by atoms with Crippen molar-refractivity contribution >= 4 is 22.4 Å². The zero-order chi connectivity index (χ0) is 23.4. The maximum atomic E-state index is 12.4. The average molecular weight is 475 g/mol. The number of anilines is 1. The Morgan fingerprint density at radius 3 is 2.76 bits per heavy atom. The largest absolute Gasteiger partial charge is 0.393 e. The maximum absolute atomic E-state index is 12.4. The monoisotopic (exact) mass is 474 g/mol. The minimum atomic E-state index is -0.259. The summed E-state index contributed by atoms with van der Waals surface area (Å²) < 4.78 is 0. The van der Waals surface area contributed by atoms with Gasteiger partial charge in [0.15, 0.2) is 5.13 Å². The first-order chi connectivity index (χ1) is 15.7. The zero-order valence-electron chi connectivity index (χ0n) is 20.5. The number of fused-ring (bicyclic) bond motifs is 5. The second kappa shape index (κ2) is 8.91. The van der Waals surface area contributed by atoms with E-state index in [1.165, 1.54) is 37.0 Å². The summed E-state index contributed by atoms with van der Waals surface area (Å²) in [6, 6.07) is 0. The van der Waals surface area contributed by atoms with E-state index in [1.54, 1.807) is 6.20 Å². The fourth-order valence-corrected chi connectivity index (χ4v) is 9.73. The summed E-state index contributed by atoms with van der Waals surface area (Å²) in [7, 11) is 0. The molecule has 0 saturated heterocycles. The molecule has 3 N–H and O–H groups in total. The Morgan fingerprint density at radius 1 is 1.18 bits per heavy atom. The number of rotatable bonds is 5. The minimum absolute atomic E-state index is 0.0380. The number of aromatic nitrogens is 1. The predicted molar refractivity (Wildman–Crippen MR) is 132 cm³/mol. The van der Waals surface area contributed by atoms with Gasteiger partial charge in [0.25, 0.3) is 0 Å². The zero-order valence-corrected chi connectivity index (χ0v) is 21.3. The van der Waals surface area contributed by atoms with E-state index in [9.17, 15) is 15.0 Å². The molecule has 1 aromatic rings. The smallest absolute Gasteiger partial charge is 0.226 e. The Morgan fingerprint density at radius 2 is 2.00 bits per heavy atom. The fourth-order valence-electron chi connectivity index (χ4n) is 9.19. The molecule has 0 radical (unpaired) electrons. The van der Waals surface area contributed by atoms with Gasteiger partial charge in [0.05, 0.1) is 12.2 Å². The Bertz CT molecular complexity index is 846. The lowest BCUT2D eigenvalue weighted by molar-refractivity contribution is -0.174. The topological polar surface area (TPSA) is 82.5 Å². The van der Waals surface area contributed by atoms with Gasteiger partial charge in [-0.25, -0.2) is 4.98 Å². The molecule has 1 heterocycles. The molecule has 0 bridgehead atoms. The van der Waals surface area contributed by atoms with Gasteiger partial charge in [-0.1, -0.05) is 20.8 Å². The van der Waals surface area contributed by atoms with Crippen molar-refractivity contribution in [2.45, 2.75) is 97.2 Å². The number of hydrogen-bond donors (Lipinski definition) is 3. The van der Waals surface area contributed by atoms with Crippen LogP contribution in [0.25, 0.3) is 0 Å². The molecule has 1 aromatic heterocycles. The van der Waals surface area contributed by atoms with Crippen LogP contribution in [0.3, 0.4) is 0 Å². The van der Waals surface area contributed by atoms with Crippen LogP contribution in [0, 0.1) is 46.3 Å². The SMILES string of the molecule is C[C@H](CCC(=O)Nc1nccs1)[C@@H]1CC[C@@H]2[C@@H]3CC[C@H]4C[C@H](O)CC[C@]4(C)[C@@H]3C[C@H](O)[C@@]21C. The van der Waals surface area contributed by atoms with Gasteiger partial charge in [-0.3, -0.25) is 4.79 Å². The van der Waals surface area contributed by atoms with Crippen molar-refractivity contribution in [2.24, 2.45) is 46.3 Å². The number of nitrogens with one attached hydrogen (secondary N) is 1. The summed E-state index contributed by atoms with van der Waals surface area (Å²) in [5.41, 5.74) is 0.242. The standard InChI is InChI=1S/C27H42N2O3S/c1-16(4-9-24(32)29-25-28-12-13-33-25)20-7-8-21-19-6-5-17-14-18(30)10-11-26(17,2)22(19)15-23(31)27(20,21)3/h12-13,16-23,30-31H,4-11,14-15H2,1-3H3,(H,28,29,32)/t16-,17+,18-,19+,20+,21-,22-,23+,26+,27-/m1/s1. The van der Waals surface area contributed by atoms with E-state index in [4.69, 9.17) is 0 Å². The van der Waals surface area contributed by atoms with Gasteiger partial charge in [-0.15, -0.1) is 11.3 Å². The van der Waals surface area contributed by atoms with Crippen molar-refractivity contribution in [2.75, 3.05) is 5.32 Å². The molecule has 4 saturated carbocycles. The van der Waals surface area contributed by atoms with Crippen LogP contribution < -0.4 is 5.32 Å². The van der Waals surface area contributed by atoms with Crippen LogP contribution in [-0.2, 0) is 4.79 Å². The van der Waals surface area contributed by atoms with E-state index < -0.39 is 0 Å². The normalized spacial score (nSPS) is 45.5. The van der Waals surface area contributed by atoms with Crippen molar-refractivity contribution in [3.63, 3.8) is 0 Å². The molecular formula is C27H42N2O3S. The molecule has 0 unspecified atom stereocenters. The van der Waals surface area contributed by atoms with Crippen LogP contribution in [0.5, 0.6) is 0 Å². The van der Waals surface area contributed by atoms with Gasteiger partial charge >= 0.3 is 0 Å². The third-order valence-electron chi connectivity index (χ3n) is 11.0. The fraction of sp³-hybridized carbons (Fsp3) is 0.852. The molecule has 4 fully saturated rings. The molecular weight excluding hydrogens is 432 g/mol. The van der Waals surface area contributed by atoms with Crippen LogP contribution in [0.1, 0.15) is 85.0 Å². The van der Waals surface area contributed by atoms with Crippen molar-refractivity contribution in [3.05, 3.63) is 11.6 Å². The Labute approximate surface area is 202 Å². The summed E-state index contributed by atoms with van der Waals surface area (Å²) in [4.78, 5) is 16.6. The van der Waals surface area contributed by atoms with Gasteiger partial charge in [-0.2, -0.15) is 0 Å². The average Bonchev–Trinajstić information content (AvgIpc) is 3.41. The van der Waals surface area contributed by atoms with Gasteiger partial charge in [0.1, 0.15) is 0 Å². The molecule has 0 spiro atoms. The van der Waals surface area contributed by atoms with Crippen LogP contribution in [-0.4, -0.2) is 33.3 Å². The maximum Gasteiger partial charge on any atom is 0.226 e. The summed E-state index contributed by atoms with van der Waals surface area (Å²) in [6.07, 6.45) is 11.5. The second-order valence-electron chi connectivity index (χ2n) is 12.3. The summed E-state index contributed by atoms with van der Waals surface area (Å²) in [6.45, 7) is 7.15.